The number of aromatic carboxylic acids is 1. The van der Waals surface area contributed by atoms with Gasteiger partial charge in [-0.1, -0.05) is 56.9 Å². The van der Waals surface area contributed by atoms with Crippen LogP contribution in [-0.2, 0) is 0 Å². The van der Waals surface area contributed by atoms with E-state index < -0.39 is 5.97 Å². The average molecular weight is 413 g/mol. The quantitative estimate of drug-likeness (QED) is 0.287. The number of anilines is 1. The zero-order valence-electron chi connectivity index (χ0n) is 16.8. The number of thioether (sulfide) groups is 1. The number of carboxylic acids is 1. The van der Waals surface area contributed by atoms with Crippen molar-refractivity contribution < 1.29 is 14.3 Å². The monoisotopic (exact) mass is 412 g/mol. The van der Waals surface area contributed by atoms with Crippen molar-refractivity contribution in [2.24, 2.45) is 0 Å². The third-order valence-electron chi connectivity index (χ3n) is 4.82. The Balaban J connectivity index is 1.65. The van der Waals surface area contributed by atoms with Crippen molar-refractivity contribution in [3.8, 4) is 0 Å². The summed E-state index contributed by atoms with van der Waals surface area (Å²) in [6.07, 6.45) is 6.03. The Morgan fingerprint density at radius 1 is 1.03 bits per heavy atom. The Labute approximate surface area is 176 Å². The number of hydrogen-bond acceptors (Lipinski definition) is 5. The van der Waals surface area contributed by atoms with Crippen molar-refractivity contribution in [2.45, 2.75) is 43.9 Å². The summed E-state index contributed by atoms with van der Waals surface area (Å²) in [6.45, 7) is 3.85. The maximum atomic E-state index is 11.4. The van der Waals surface area contributed by atoms with Gasteiger partial charge in [0.1, 0.15) is 5.52 Å². The molecule has 2 aromatic carbocycles. The van der Waals surface area contributed by atoms with E-state index in [1.54, 1.807) is 23.9 Å². The first-order valence-electron chi connectivity index (χ1n) is 10.2. The Hall–Kier alpha value is -2.47. The molecular formula is C23H28N2O3S. The van der Waals surface area contributed by atoms with E-state index in [1.807, 2.05) is 36.4 Å². The molecule has 0 atom stereocenters. The average Bonchev–Trinajstić information content (AvgIpc) is 3.16. The van der Waals surface area contributed by atoms with Crippen LogP contribution in [0.3, 0.4) is 0 Å². The summed E-state index contributed by atoms with van der Waals surface area (Å²) in [4.78, 5) is 19.0. The Bertz CT molecular complexity index is 892. The maximum Gasteiger partial charge on any atom is 0.336 e. The van der Waals surface area contributed by atoms with E-state index in [9.17, 15) is 9.90 Å². The van der Waals surface area contributed by atoms with E-state index in [1.165, 1.54) is 25.7 Å². The predicted octanol–water partition coefficient (Wildman–Crippen LogP) is 6.10. The van der Waals surface area contributed by atoms with E-state index in [2.05, 4.69) is 16.8 Å². The topological polar surface area (TPSA) is 66.6 Å². The Morgan fingerprint density at radius 3 is 2.59 bits per heavy atom. The highest BCUT2D eigenvalue weighted by molar-refractivity contribution is 7.99. The SMILES string of the molecule is CCCCCCCN(CCSc1ccccc1C(=O)O)c1nc2ccccc2o1. The van der Waals surface area contributed by atoms with Gasteiger partial charge in [0.15, 0.2) is 5.58 Å². The molecule has 3 rings (SSSR count). The van der Waals surface area contributed by atoms with Gasteiger partial charge >= 0.3 is 5.97 Å². The first-order valence-corrected chi connectivity index (χ1v) is 11.2. The number of unbranched alkanes of at least 4 members (excludes halogenated alkanes) is 4. The second kappa shape index (κ2) is 10.9. The van der Waals surface area contributed by atoms with E-state index in [0.717, 1.165) is 41.3 Å². The zero-order chi connectivity index (χ0) is 20.5. The number of fused-ring (bicyclic) bond motifs is 1. The maximum absolute atomic E-state index is 11.4. The first-order chi connectivity index (χ1) is 14.2. The molecule has 0 aliphatic carbocycles. The fourth-order valence-electron chi connectivity index (χ4n) is 3.24. The summed E-state index contributed by atoms with van der Waals surface area (Å²) in [5.41, 5.74) is 2.01. The van der Waals surface area contributed by atoms with Gasteiger partial charge < -0.3 is 14.4 Å². The van der Waals surface area contributed by atoms with Crippen LogP contribution >= 0.6 is 11.8 Å². The summed E-state index contributed by atoms with van der Waals surface area (Å²) < 4.78 is 5.98. The molecule has 0 saturated heterocycles. The standard InChI is InChI=1S/C23H28N2O3S/c1-2-3-4-5-10-15-25(23-24-19-12-7-8-13-20(19)28-23)16-17-29-21-14-9-6-11-18(21)22(26)27/h6-9,11-14H,2-5,10,15-17H2,1H3,(H,26,27). The molecule has 1 heterocycles. The summed E-state index contributed by atoms with van der Waals surface area (Å²) in [6, 6.07) is 15.6. The lowest BCUT2D eigenvalue weighted by atomic mass is 10.1. The molecule has 0 amide bonds. The summed E-state index contributed by atoms with van der Waals surface area (Å²) in [5.74, 6) is -0.127. The van der Waals surface area contributed by atoms with Crippen molar-refractivity contribution >= 4 is 34.8 Å². The molecule has 5 nitrogen and oxygen atoms in total. The summed E-state index contributed by atoms with van der Waals surface area (Å²) in [7, 11) is 0. The fraction of sp³-hybridized carbons (Fsp3) is 0.391. The molecule has 1 N–H and O–H groups in total. The second-order valence-electron chi connectivity index (χ2n) is 7.02. The lowest BCUT2D eigenvalue weighted by molar-refractivity contribution is 0.0693. The van der Waals surface area contributed by atoms with Crippen LogP contribution in [0.4, 0.5) is 6.01 Å². The number of benzene rings is 2. The fourth-order valence-corrected chi connectivity index (χ4v) is 4.26. The van der Waals surface area contributed by atoms with E-state index >= 15 is 0 Å². The van der Waals surface area contributed by atoms with Gasteiger partial charge in [0.25, 0.3) is 6.01 Å². The van der Waals surface area contributed by atoms with E-state index in [-0.39, 0.29) is 0 Å². The summed E-state index contributed by atoms with van der Waals surface area (Å²) >= 11 is 1.56. The third kappa shape index (κ3) is 6.00. The molecule has 29 heavy (non-hydrogen) atoms. The minimum Gasteiger partial charge on any atom is -0.478 e. The van der Waals surface area contributed by atoms with Crippen molar-refractivity contribution in [1.82, 2.24) is 4.98 Å². The van der Waals surface area contributed by atoms with Gasteiger partial charge in [0.05, 0.1) is 5.56 Å². The molecule has 3 aromatic rings. The molecular weight excluding hydrogens is 384 g/mol. The van der Waals surface area contributed by atoms with Crippen molar-refractivity contribution in [2.75, 3.05) is 23.7 Å². The van der Waals surface area contributed by atoms with Crippen molar-refractivity contribution in [3.05, 3.63) is 54.1 Å². The molecule has 0 bridgehead atoms. The first kappa shape index (κ1) is 21.2. The number of oxazole rings is 1. The van der Waals surface area contributed by atoms with Gasteiger partial charge in [0, 0.05) is 23.7 Å². The molecule has 0 unspecified atom stereocenters. The number of hydrogen-bond donors (Lipinski definition) is 1. The Morgan fingerprint density at radius 2 is 1.79 bits per heavy atom. The van der Waals surface area contributed by atoms with Gasteiger partial charge in [-0.3, -0.25) is 0 Å². The number of aromatic nitrogens is 1. The van der Waals surface area contributed by atoms with Crippen LogP contribution in [0.5, 0.6) is 0 Å². The van der Waals surface area contributed by atoms with Gasteiger partial charge in [-0.05, 0) is 30.7 Å². The molecule has 0 aliphatic heterocycles. The molecule has 0 saturated carbocycles. The second-order valence-corrected chi connectivity index (χ2v) is 8.15. The number of para-hydroxylation sites is 2. The highest BCUT2D eigenvalue weighted by Crippen LogP contribution is 2.25. The van der Waals surface area contributed by atoms with Crippen LogP contribution in [0.15, 0.2) is 57.8 Å². The smallest absolute Gasteiger partial charge is 0.336 e. The lowest BCUT2D eigenvalue weighted by Gasteiger charge is -2.20. The van der Waals surface area contributed by atoms with E-state index in [4.69, 9.17) is 4.42 Å². The number of carbonyl (C=O) groups is 1. The Kier molecular flexibility index (Phi) is 7.99. The number of rotatable bonds is 12. The largest absolute Gasteiger partial charge is 0.478 e. The molecule has 0 aliphatic rings. The zero-order valence-corrected chi connectivity index (χ0v) is 17.7. The predicted molar refractivity (Wildman–Crippen MR) is 119 cm³/mol. The van der Waals surface area contributed by atoms with Gasteiger partial charge in [-0.2, -0.15) is 4.98 Å². The molecule has 1 aromatic heterocycles. The van der Waals surface area contributed by atoms with Gasteiger partial charge in [-0.25, -0.2) is 4.79 Å². The van der Waals surface area contributed by atoms with Crippen LogP contribution < -0.4 is 4.90 Å². The van der Waals surface area contributed by atoms with Gasteiger partial charge in [-0.15, -0.1) is 11.8 Å². The van der Waals surface area contributed by atoms with Crippen LogP contribution in [0.2, 0.25) is 0 Å². The number of nitrogens with zero attached hydrogens (tertiary/aromatic N) is 2. The lowest BCUT2D eigenvalue weighted by Crippen LogP contribution is -2.27. The van der Waals surface area contributed by atoms with E-state index in [0.29, 0.717) is 11.6 Å². The third-order valence-corrected chi connectivity index (χ3v) is 5.87. The molecule has 6 heteroatoms. The van der Waals surface area contributed by atoms with Crippen molar-refractivity contribution in [3.63, 3.8) is 0 Å². The van der Waals surface area contributed by atoms with Crippen LogP contribution in [0.1, 0.15) is 49.4 Å². The van der Waals surface area contributed by atoms with Crippen molar-refractivity contribution in [1.29, 1.82) is 0 Å². The van der Waals surface area contributed by atoms with Gasteiger partial charge in [0.2, 0.25) is 0 Å². The molecule has 0 fully saturated rings. The van der Waals surface area contributed by atoms with Crippen LogP contribution in [0.25, 0.3) is 11.1 Å². The highest BCUT2D eigenvalue weighted by atomic mass is 32.2. The number of carboxylic acid groups (broad SMARTS) is 1. The molecule has 0 spiro atoms. The minimum atomic E-state index is -0.889. The van der Waals surface area contributed by atoms with Crippen LogP contribution in [-0.4, -0.2) is 34.9 Å². The normalized spacial score (nSPS) is 11.1. The minimum absolute atomic E-state index is 0.352. The highest BCUT2D eigenvalue weighted by Gasteiger charge is 2.15. The molecule has 0 radical (unpaired) electrons. The van der Waals surface area contributed by atoms with Crippen LogP contribution in [0, 0.1) is 0 Å². The molecule has 154 valence electrons. The summed E-state index contributed by atoms with van der Waals surface area (Å²) in [5, 5.41) is 9.37.